The summed E-state index contributed by atoms with van der Waals surface area (Å²) < 4.78 is 2.72. The zero-order chi connectivity index (χ0) is 16.0. The Morgan fingerprint density at radius 1 is 0.571 bits per heavy atom. The van der Waals surface area contributed by atoms with Crippen molar-refractivity contribution in [1.29, 1.82) is 0 Å². The van der Waals surface area contributed by atoms with E-state index in [1.165, 1.54) is 19.3 Å². The van der Waals surface area contributed by atoms with Crippen LogP contribution in [0.2, 0.25) is 0 Å². The molecular weight excluding hydrogens is 318 g/mol. The topological polar surface area (TPSA) is 27.7 Å². The first-order chi connectivity index (χ1) is 9.99. The van der Waals surface area contributed by atoms with Gasteiger partial charge in [0.1, 0.15) is 0 Å². The molecule has 1 aliphatic heterocycles. The highest BCUT2D eigenvalue weighted by Gasteiger charge is 2.62. The Labute approximate surface area is 137 Å². The maximum atomic E-state index is 6.12. The van der Waals surface area contributed by atoms with Gasteiger partial charge in [0, 0.05) is 0 Å². The van der Waals surface area contributed by atoms with Gasteiger partial charge >= 0.3 is 29.5 Å². The zero-order valence-electron chi connectivity index (χ0n) is 14.9. The van der Waals surface area contributed by atoms with Crippen LogP contribution < -0.4 is 0 Å². The molecule has 0 saturated carbocycles. The van der Waals surface area contributed by atoms with Crippen LogP contribution in [0.15, 0.2) is 0 Å². The fraction of sp³-hybridized carbons (Fsp3) is 1.00. The second-order valence-electron chi connectivity index (χ2n) is 6.32. The number of hydrogen-bond donors (Lipinski definition) is 0. The van der Waals surface area contributed by atoms with Crippen LogP contribution in [-0.4, -0.2) is 82.4 Å². The lowest BCUT2D eigenvalue weighted by atomic mass is 10.5. The molecule has 0 aromatic rings. The summed E-state index contributed by atoms with van der Waals surface area (Å²) >= 11 is 0. The molecule has 21 heavy (non-hydrogen) atoms. The molecule has 0 spiro atoms. The van der Waals surface area contributed by atoms with Gasteiger partial charge in [-0.2, -0.15) is 0 Å². The minimum atomic E-state index is -0.536. The second-order valence-corrected chi connectivity index (χ2v) is 16.8. The molecule has 0 radical (unpaired) electrons. The van der Waals surface area contributed by atoms with Gasteiger partial charge in [-0.15, -0.1) is 0 Å². The smallest absolute Gasteiger partial charge is 0.235 e. The van der Waals surface area contributed by atoms with Crippen LogP contribution in [0.25, 0.3) is 0 Å². The van der Waals surface area contributed by atoms with Crippen molar-refractivity contribution in [2.75, 3.05) is 41.0 Å². The van der Waals surface area contributed by atoms with E-state index in [1.807, 2.05) is 21.3 Å². The third kappa shape index (κ3) is 4.45. The Kier molecular flexibility index (Phi) is 7.70. The quantitative estimate of drug-likeness (QED) is 0.516. The predicted octanol–water partition coefficient (Wildman–Crippen LogP) is -0.639. The molecule has 1 aliphatic rings. The van der Waals surface area contributed by atoms with Gasteiger partial charge in [-0.05, 0) is 19.3 Å². The van der Waals surface area contributed by atoms with Crippen LogP contribution in [0, 0.1) is 0 Å². The molecule has 126 valence electrons. The van der Waals surface area contributed by atoms with Gasteiger partial charge in [0.05, 0.1) is 41.0 Å². The normalized spacial score (nSPS) is 40.3. The highest BCUT2D eigenvalue weighted by molar-refractivity contribution is 6.46. The highest BCUT2D eigenvalue weighted by Crippen LogP contribution is 2.26. The van der Waals surface area contributed by atoms with Gasteiger partial charge in [0.25, 0.3) is 0 Å². The van der Waals surface area contributed by atoms with E-state index in [1.54, 1.807) is 0 Å². The van der Waals surface area contributed by atoms with Crippen molar-refractivity contribution < 1.29 is 26.4 Å². The van der Waals surface area contributed by atoms with Crippen molar-refractivity contribution in [3.05, 3.63) is 0 Å². The summed E-state index contributed by atoms with van der Waals surface area (Å²) in [5.74, 6) is 0. The number of nitrogens with zero attached hydrogens (tertiary/aromatic N) is 3. The number of rotatable bonds is 9. The van der Waals surface area contributed by atoms with Gasteiger partial charge in [0.15, 0.2) is 0 Å². The molecule has 0 N–H and O–H groups in total. The monoisotopic (exact) mass is 354 g/mol. The largest absolute Gasteiger partial charge is 0.530 e. The van der Waals surface area contributed by atoms with Crippen LogP contribution >= 0.6 is 0 Å². The lowest BCUT2D eigenvalue weighted by Crippen LogP contribution is -2.83. The summed E-state index contributed by atoms with van der Waals surface area (Å²) in [4.78, 5) is 18.4. The van der Waals surface area contributed by atoms with E-state index >= 15 is 0 Å². The van der Waals surface area contributed by atoms with Gasteiger partial charge < -0.3 is 0 Å². The van der Waals surface area contributed by atoms with E-state index in [4.69, 9.17) is 14.5 Å². The van der Waals surface area contributed by atoms with Gasteiger partial charge in [-0.25, -0.2) is 26.4 Å². The molecule has 0 amide bonds. The van der Waals surface area contributed by atoms with Crippen LogP contribution in [0.4, 0.5) is 0 Å². The SMILES string of the molecule is CCC[N+]1(OC)[SiH2][N+](CCC)(OC)[SiH2][N+](CCC)(OC)[SiH2]1. The predicted molar refractivity (Wildman–Crippen MR) is 92.9 cm³/mol. The van der Waals surface area contributed by atoms with Crippen LogP contribution in [-0.2, 0) is 14.5 Å². The average molecular weight is 355 g/mol. The first-order valence-electron chi connectivity index (χ1n) is 8.24. The first-order valence-corrected chi connectivity index (χ1v) is 12.0. The van der Waals surface area contributed by atoms with E-state index in [0.717, 1.165) is 31.6 Å². The van der Waals surface area contributed by atoms with Gasteiger partial charge in [-0.1, -0.05) is 20.8 Å². The molecule has 0 aromatic carbocycles. The third-order valence-corrected chi connectivity index (χ3v) is 14.7. The van der Waals surface area contributed by atoms with Crippen LogP contribution in [0.1, 0.15) is 40.0 Å². The molecule has 1 heterocycles. The van der Waals surface area contributed by atoms with Crippen molar-refractivity contribution in [3.8, 4) is 0 Å². The summed E-state index contributed by atoms with van der Waals surface area (Å²) in [6, 6.07) is 0. The first kappa shape index (κ1) is 19.5. The Bertz CT molecular complexity index is 270. The van der Waals surface area contributed by atoms with Crippen molar-refractivity contribution in [2.45, 2.75) is 40.0 Å². The van der Waals surface area contributed by atoms with Gasteiger partial charge in [0.2, 0.25) is 0 Å². The fourth-order valence-corrected chi connectivity index (χ4v) is 20.2. The van der Waals surface area contributed by atoms with E-state index in [9.17, 15) is 0 Å². The van der Waals surface area contributed by atoms with Crippen LogP contribution in [0.5, 0.6) is 0 Å². The molecule has 1 saturated heterocycles. The van der Waals surface area contributed by atoms with Crippen molar-refractivity contribution in [2.24, 2.45) is 0 Å². The van der Waals surface area contributed by atoms with Crippen LogP contribution in [0.3, 0.4) is 0 Å². The highest BCUT2D eigenvalue weighted by atomic mass is 28.4. The molecule has 9 heteroatoms. The molecule has 0 aromatic heterocycles. The third-order valence-electron chi connectivity index (χ3n) is 4.60. The van der Waals surface area contributed by atoms with Crippen molar-refractivity contribution in [1.82, 2.24) is 0 Å². The summed E-state index contributed by atoms with van der Waals surface area (Å²) in [6.07, 6.45) is 3.50. The van der Waals surface area contributed by atoms with E-state index in [-0.39, 0.29) is 0 Å². The average Bonchev–Trinajstić information content (AvgIpc) is 2.48. The van der Waals surface area contributed by atoms with Crippen molar-refractivity contribution >= 4 is 29.5 Å². The number of hydroxylamine groups is 3. The van der Waals surface area contributed by atoms with E-state index in [2.05, 4.69) is 20.8 Å². The zero-order valence-corrected chi connectivity index (χ0v) is 19.2. The van der Waals surface area contributed by atoms with E-state index in [0.29, 0.717) is 0 Å². The Morgan fingerprint density at radius 3 is 0.952 bits per heavy atom. The van der Waals surface area contributed by atoms with Crippen molar-refractivity contribution in [3.63, 3.8) is 0 Å². The summed E-state index contributed by atoms with van der Waals surface area (Å²) in [6.45, 7) is 10.2. The standard InChI is InChI=1S/C12H36N3O3Si3/c1-7-10-13(16-4)19-14(17-5,11-8-2)21-15(18-6,20-13)12-9-3/h7-12,19-21H2,1-6H3/q+3. The molecule has 0 unspecified atom stereocenters. The van der Waals surface area contributed by atoms with Gasteiger partial charge in [-0.3, -0.25) is 0 Å². The summed E-state index contributed by atoms with van der Waals surface area (Å²) in [5, 5.41) is 0. The Balaban J connectivity index is 3.18. The molecular formula is C12H36N3O3Si3+3. The molecule has 1 fully saturated rings. The lowest BCUT2D eigenvalue weighted by Gasteiger charge is -2.52. The molecule has 6 nitrogen and oxygen atoms in total. The molecule has 0 bridgehead atoms. The summed E-state index contributed by atoms with van der Waals surface area (Å²) in [5.41, 5.74) is 0. The fourth-order valence-electron chi connectivity index (χ4n) is 3.81. The lowest BCUT2D eigenvalue weighted by molar-refractivity contribution is -1.12. The summed E-state index contributed by atoms with van der Waals surface area (Å²) in [7, 11) is 4.09. The maximum Gasteiger partial charge on any atom is 0.530 e. The molecule has 0 atom stereocenters. The Morgan fingerprint density at radius 2 is 0.810 bits per heavy atom. The molecule has 0 aliphatic carbocycles. The number of quaternary nitrogens is 3. The number of hydrogen-bond acceptors (Lipinski definition) is 3. The second kappa shape index (κ2) is 8.32. The Hall–Kier alpha value is 0.411. The minimum absolute atomic E-state index is 0.536. The van der Waals surface area contributed by atoms with E-state index < -0.39 is 29.5 Å². The molecule has 1 rings (SSSR count). The minimum Gasteiger partial charge on any atom is -0.235 e. The maximum absolute atomic E-state index is 6.12.